The number of carbonyl (C=O) groups is 2. The van der Waals surface area contributed by atoms with Crippen LogP contribution in [0.5, 0.6) is 0 Å². The van der Waals surface area contributed by atoms with E-state index in [0.29, 0.717) is 25.9 Å². The van der Waals surface area contributed by atoms with Crippen LogP contribution in [0.4, 0.5) is 0 Å². The van der Waals surface area contributed by atoms with Gasteiger partial charge in [0.1, 0.15) is 11.1 Å². The van der Waals surface area contributed by atoms with E-state index >= 15 is 0 Å². The smallest absolute Gasteiger partial charge is 0.255 e. The highest BCUT2D eigenvalue weighted by atomic mass is 16.5. The van der Waals surface area contributed by atoms with Gasteiger partial charge in [-0.2, -0.15) is 0 Å². The van der Waals surface area contributed by atoms with Crippen LogP contribution in [0.25, 0.3) is 0 Å². The molecule has 28 heavy (non-hydrogen) atoms. The van der Waals surface area contributed by atoms with Crippen LogP contribution in [0.2, 0.25) is 0 Å². The molecule has 3 aliphatic rings. The van der Waals surface area contributed by atoms with E-state index in [1.54, 1.807) is 7.11 Å². The predicted molar refractivity (Wildman–Crippen MR) is 107 cm³/mol. The lowest BCUT2D eigenvalue weighted by Gasteiger charge is -2.48. The largest absolute Gasteiger partial charge is 0.368 e. The Balaban J connectivity index is 1.58. The zero-order chi connectivity index (χ0) is 19.6. The average Bonchev–Trinajstić information content (AvgIpc) is 3.16. The van der Waals surface area contributed by atoms with Crippen LogP contribution < -0.4 is 5.32 Å². The minimum atomic E-state index is -0.787. The van der Waals surface area contributed by atoms with Gasteiger partial charge in [-0.25, -0.2) is 0 Å². The Bertz CT molecular complexity index is 717. The summed E-state index contributed by atoms with van der Waals surface area (Å²) in [6.45, 7) is 3.57. The topological polar surface area (TPSA) is 61.9 Å². The molecule has 2 amide bonds. The molecule has 6 nitrogen and oxygen atoms in total. The van der Waals surface area contributed by atoms with Crippen LogP contribution in [-0.2, 0) is 20.9 Å². The van der Waals surface area contributed by atoms with Crippen molar-refractivity contribution >= 4 is 11.8 Å². The fourth-order valence-corrected chi connectivity index (χ4v) is 5.26. The maximum Gasteiger partial charge on any atom is 0.255 e. The second kappa shape index (κ2) is 7.84. The molecule has 0 bridgehead atoms. The standard InChI is InChI=1S/C22H31N3O3/c1-28-22(11-13-23-14-12-22)20(27)25-16-6-10-21(25)9-5-15-24(19(21)26)17-18-7-3-2-4-8-18/h2-4,7-8,23H,5-6,9-17H2,1H3. The number of ether oxygens (including phenoxy) is 1. The molecule has 3 aliphatic heterocycles. The Morgan fingerprint density at radius 2 is 1.75 bits per heavy atom. The summed E-state index contributed by atoms with van der Waals surface area (Å²) >= 11 is 0. The monoisotopic (exact) mass is 385 g/mol. The summed E-state index contributed by atoms with van der Waals surface area (Å²) in [5, 5.41) is 3.31. The first-order valence-electron chi connectivity index (χ1n) is 10.5. The molecule has 1 unspecified atom stereocenters. The molecule has 3 saturated heterocycles. The molecule has 0 aromatic heterocycles. The number of hydrogen-bond donors (Lipinski definition) is 1. The van der Waals surface area contributed by atoms with Crippen molar-refractivity contribution in [1.29, 1.82) is 0 Å². The highest BCUT2D eigenvalue weighted by Crippen LogP contribution is 2.41. The van der Waals surface area contributed by atoms with E-state index in [2.05, 4.69) is 17.4 Å². The number of methoxy groups -OCH3 is 1. The van der Waals surface area contributed by atoms with Gasteiger partial charge in [0.05, 0.1) is 0 Å². The van der Waals surface area contributed by atoms with Crippen LogP contribution in [0, 0.1) is 0 Å². The van der Waals surface area contributed by atoms with Gasteiger partial charge in [0.2, 0.25) is 5.91 Å². The summed E-state index contributed by atoms with van der Waals surface area (Å²) in [6.07, 6.45) is 4.67. The van der Waals surface area contributed by atoms with Gasteiger partial charge in [0.15, 0.2) is 0 Å². The number of rotatable bonds is 4. The Labute approximate surface area is 167 Å². The number of carbonyl (C=O) groups excluding carboxylic acids is 2. The van der Waals surface area contributed by atoms with Crippen molar-refractivity contribution in [2.75, 3.05) is 33.3 Å². The van der Waals surface area contributed by atoms with E-state index in [1.807, 2.05) is 28.0 Å². The molecule has 152 valence electrons. The molecule has 1 spiro atoms. The van der Waals surface area contributed by atoms with Crippen molar-refractivity contribution in [3.63, 3.8) is 0 Å². The number of hydrogen-bond acceptors (Lipinski definition) is 4. The summed E-state index contributed by atoms with van der Waals surface area (Å²) in [5.41, 5.74) is -0.332. The second-order valence-electron chi connectivity index (χ2n) is 8.36. The summed E-state index contributed by atoms with van der Waals surface area (Å²) in [7, 11) is 1.64. The zero-order valence-corrected chi connectivity index (χ0v) is 16.8. The molecule has 3 heterocycles. The summed E-state index contributed by atoms with van der Waals surface area (Å²) in [5.74, 6) is 0.137. The van der Waals surface area contributed by atoms with Gasteiger partial charge in [-0.05, 0) is 57.2 Å². The van der Waals surface area contributed by atoms with Crippen LogP contribution in [0.3, 0.4) is 0 Å². The summed E-state index contributed by atoms with van der Waals surface area (Å²) in [4.78, 5) is 31.1. The van der Waals surface area contributed by atoms with Crippen LogP contribution in [0.15, 0.2) is 30.3 Å². The third kappa shape index (κ3) is 3.22. The average molecular weight is 386 g/mol. The quantitative estimate of drug-likeness (QED) is 0.860. The minimum absolute atomic E-state index is 0.0175. The van der Waals surface area contributed by atoms with Gasteiger partial charge in [-0.15, -0.1) is 0 Å². The number of nitrogens with one attached hydrogen (secondary N) is 1. The normalized spacial score (nSPS) is 27.4. The summed E-state index contributed by atoms with van der Waals surface area (Å²) < 4.78 is 5.79. The number of likely N-dealkylation sites (tertiary alicyclic amines) is 2. The fourth-order valence-electron chi connectivity index (χ4n) is 5.26. The van der Waals surface area contributed by atoms with Gasteiger partial charge >= 0.3 is 0 Å². The summed E-state index contributed by atoms with van der Waals surface area (Å²) in [6, 6.07) is 10.1. The number of amides is 2. The molecule has 1 N–H and O–H groups in total. The molecule has 0 aliphatic carbocycles. The molecule has 3 fully saturated rings. The lowest BCUT2D eigenvalue weighted by atomic mass is 9.82. The Hall–Kier alpha value is -1.92. The van der Waals surface area contributed by atoms with Gasteiger partial charge in [-0.1, -0.05) is 30.3 Å². The Morgan fingerprint density at radius 3 is 2.43 bits per heavy atom. The molecular formula is C22H31N3O3. The van der Waals surface area contributed by atoms with Crippen LogP contribution in [0.1, 0.15) is 44.1 Å². The third-order valence-corrected chi connectivity index (χ3v) is 6.85. The van der Waals surface area contributed by atoms with E-state index in [9.17, 15) is 9.59 Å². The van der Waals surface area contributed by atoms with Gasteiger partial charge in [0.25, 0.3) is 5.91 Å². The molecular weight excluding hydrogens is 354 g/mol. The number of nitrogens with zero attached hydrogens (tertiary/aromatic N) is 2. The predicted octanol–water partition coefficient (Wildman–Crippen LogP) is 1.94. The van der Waals surface area contributed by atoms with E-state index < -0.39 is 11.1 Å². The van der Waals surface area contributed by atoms with E-state index in [1.165, 1.54) is 0 Å². The van der Waals surface area contributed by atoms with E-state index in [-0.39, 0.29) is 11.8 Å². The van der Waals surface area contributed by atoms with Crippen LogP contribution in [-0.4, -0.2) is 66.0 Å². The molecule has 6 heteroatoms. The highest BCUT2D eigenvalue weighted by Gasteiger charge is 2.56. The third-order valence-electron chi connectivity index (χ3n) is 6.85. The van der Waals surface area contributed by atoms with Crippen molar-refractivity contribution in [1.82, 2.24) is 15.1 Å². The van der Waals surface area contributed by atoms with Gasteiger partial charge in [-0.3, -0.25) is 9.59 Å². The first-order chi connectivity index (χ1) is 13.6. The van der Waals surface area contributed by atoms with E-state index in [0.717, 1.165) is 50.9 Å². The maximum atomic E-state index is 13.6. The van der Waals surface area contributed by atoms with Crippen molar-refractivity contribution in [2.24, 2.45) is 0 Å². The molecule has 0 radical (unpaired) electrons. The SMILES string of the molecule is COC1(C(=O)N2CCCC23CCCN(Cc2ccccc2)C3=O)CCNCC1. The zero-order valence-electron chi connectivity index (χ0n) is 16.8. The second-order valence-corrected chi connectivity index (χ2v) is 8.36. The van der Waals surface area contributed by atoms with E-state index in [4.69, 9.17) is 4.74 Å². The lowest BCUT2D eigenvalue weighted by molar-refractivity contribution is -0.171. The minimum Gasteiger partial charge on any atom is -0.368 e. The lowest BCUT2D eigenvalue weighted by Crippen LogP contribution is -2.65. The molecule has 1 aromatic carbocycles. The molecule has 4 rings (SSSR count). The van der Waals surface area contributed by atoms with Gasteiger partial charge in [0, 0.05) is 26.7 Å². The Morgan fingerprint density at radius 1 is 1.07 bits per heavy atom. The van der Waals surface area contributed by atoms with Crippen molar-refractivity contribution in [3.8, 4) is 0 Å². The number of benzene rings is 1. The number of piperidine rings is 2. The van der Waals surface area contributed by atoms with Crippen molar-refractivity contribution < 1.29 is 14.3 Å². The van der Waals surface area contributed by atoms with Crippen LogP contribution >= 0.6 is 0 Å². The van der Waals surface area contributed by atoms with Crippen molar-refractivity contribution in [3.05, 3.63) is 35.9 Å². The van der Waals surface area contributed by atoms with Crippen molar-refractivity contribution in [2.45, 2.75) is 56.2 Å². The Kier molecular flexibility index (Phi) is 5.43. The molecule has 1 atom stereocenters. The maximum absolute atomic E-state index is 13.6. The highest BCUT2D eigenvalue weighted by molar-refractivity contribution is 5.95. The molecule has 1 aromatic rings. The molecule has 0 saturated carbocycles. The fraction of sp³-hybridized carbons (Fsp3) is 0.636. The first-order valence-corrected chi connectivity index (χ1v) is 10.5. The first kappa shape index (κ1) is 19.4. The van der Waals surface area contributed by atoms with Gasteiger partial charge < -0.3 is 19.9 Å².